The first kappa shape index (κ1) is 25.6. The number of hydrogen-bond acceptors (Lipinski definition) is 7. The number of rotatable bonds is 9. The Hall–Kier alpha value is -3.50. The van der Waals surface area contributed by atoms with Gasteiger partial charge in [0.25, 0.3) is 5.91 Å². The molecule has 0 saturated carbocycles. The van der Waals surface area contributed by atoms with E-state index >= 15 is 0 Å². The smallest absolute Gasteiger partial charge is 0.251 e. The summed E-state index contributed by atoms with van der Waals surface area (Å²) in [5.74, 6) is 0.478. The van der Waals surface area contributed by atoms with Gasteiger partial charge in [-0.25, -0.2) is 4.98 Å². The SMILES string of the molecule is CCn1c(SCC(=O)Nc2nc(-c3ccccc3)c(C)s2)nnc1[C@@H](C)NC(=O)c1cccc(C)c1. The van der Waals surface area contributed by atoms with Crippen molar-refractivity contribution in [3.8, 4) is 11.3 Å². The number of aromatic nitrogens is 4. The molecule has 2 aromatic heterocycles. The lowest BCUT2D eigenvalue weighted by molar-refractivity contribution is -0.113. The number of nitrogens with zero attached hydrogens (tertiary/aromatic N) is 4. The molecular weight excluding hydrogens is 492 g/mol. The van der Waals surface area contributed by atoms with Crippen LogP contribution in [0.1, 0.15) is 46.5 Å². The second-order valence-electron chi connectivity index (χ2n) is 8.28. The number of nitrogens with one attached hydrogen (secondary N) is 2. The van der Waals surface area contributed by atoms with Crippen LogP contribution < -0.4 is 10.6 Å². The van der Waals surface area contributed by atoms with Crippen LogP contribution in [0.4, 0.5) is 5.13 Å². The molecule has 1 atom stereocenters. The lowest BCUT2D eigenvalue weighted by Gasteiger charge is -2.15. The summed E-state index contributed by atoms with van der Waals surface area (Å²) in [6, 6.07) is 17.0. The van der Waals surface area contributed by atoms with Gasteiger partial charge in [-0.3, -0.25) is 9.59 Å². The Morgan fingerprint density at radius 2 is 1.86 bits per heavy atom. The van der Waals surface area contributed by atoms with E-state index in [0.717, 1.165) is 21.7 Å². The zero-order valence-corrected chi connectivity index (χ0v) is 22.2. The van der Waals surface area contributed by atoms with Gasteiger partial charge in [-0.05, 0) is 39.8 Å². The fraction of sp³-hybridized carbons (Fsp3) is 0.269. The number of carbonyl (C=O) groups excluding carboxylic acids is 2. The molecule has 0 aliphatic heterocycles. The second-order valence-corrected chi connectivity index (χ2v) is 10.4. The van der Waals surface area contributed by atoms with Crippen LogP contribution in [0.15, 0.2) is 59.8 Å². The van der Waals surface area contributed by atoms with Crippen LogP contribution in [0.2, 0.25) is 0 Å². The minimum absolute atomic E-state index is 0.165. The van der Waals surface area contributed by atoms with E-state index in [4.69, 9.17) is 0 Å². The number of aryl methyl sites for hydroxylation is 2. The first-order valence-electron chi connectivity index (χ1n) is 11.6. The normalized spacial score (nSPS) is 11.8. The summed E-state index contributed by atoms with van der Waals surface area (Å²) in [6.45, 7) is 8.42. The van der Waals surface area contributed by atoms with E-state index in [1.54, 1.807) is 6.07 Å². The van der Waals surface area contributed by atoms with E-state index in [1.807, 2.05) is 80.8 Å². The van der Waals surface area contributed by atoms with E-state index in [0.29, 0.717) is 28.2 Å². The first-order chi connectivity index (χ1) is 17.4. The summed E-state index contributed by atoms with van der Waals surface area (Å²) in [6.07, 6.45) is 0. The minimum atomic E-state index is -0.344. The van der Waals surface area contributed by atoms with Crippen molar-refractivity contribution in [1.82, 2.24) is 25.1 Å². The molecule has 0 unspecified atom stereocenters. The molecule has 8 nitrogen and oxygen atoms in total. The molecular formula is C26H28N6O2S2. The number of anilines is 1. The fourth-order valence-corrected chi connectivity index (χ4v) is 5.42. The van der Waals surface area contributed by atoms with Gasteiger partial charge in [0.1, 0.15) is 0 Å². The molecule has 2 N–H and O–H groups in total. The van der Waals surface area contributed by atoms with Gasteiger partial charge >= 0.3 is 0 Å². The van der Waals surface area contributed by atoms with Crippen LogP contribution in [0.3, 0.4) is 0 Å². The van der Waals surface area contributed by atoms with Crippen molar-refractivity contribution in [3.63, 3.8) is 0 Å². The Morgan fingerprint density at radius 1 is 1.08 bits per heavy atom. The van der Waals surface area contributed by atoms with Gasteiger partial charge in [0.2, 0.25) is 5.91 Å². The zero-order valence-electron chi connectivity index (χ0n) is 20.6. The Bertz CT molecular complexity index is 1370. The van der Waals surface area contributed by atoms with E-state index in [1.165, 1.54) is 23.1 Å². The first-order valence-corrected chi connectivity index (χ1v) is 13.4. The van der Waals surface area contributed by atoms with Crippen molar-refractivity contribution in [3.05, 3.63) is 76.4 Å². The standard InChI is InChI=1S/C26H28N6O2S2/c1-5-32-23(17(3)27-24(34)20-13-9-10-16(2)14-20)30-31-26(32)35-15-21(33)28-25-29-22(18(4)36-25)19-11-7-6-8-12-19/h6-14,17H,5,15H2,1-4H3,(H,27,34)(H,28,29,33)/t17-/m1/s1. The Labute approximate surface area is 218 Å². The lowest BCUT2D eigenvalue weighted by Crippen LogP contribution is -2.28. The predicted octanol–water partition coefficient (Wildman–Crippen LogP) is 5.26. The van der Waals surface area contributed by atoms with Crippen molar-refractivity contribution in [2.45, 2.75) is 45.4 Å². The maximum atomic E-state index is 12.7. The highest BCUT2D eigenvalue weighted by molar-refractivity contribution is 7.99. The molecule has 2 aromatic carbocycles. The maximum Gasteiger partial charge on any atom is 0.251 e. The molecule has 0 fully saturated rings. The monoisotopic (exact) mass is 520 g/mol. The quantitative estimate of drug-likeness (QED) is 0.292. The summed E-state index contributed by atoms with van der Waals surface area (Å²) >= 11 is 2.76. The largest absolute Gasteiger partial charge is 0.342 e. The van der Waals surface area contributed by atoms with Gasteiger partial charge in [-0.1, -0.05) is 59.8 Å². The summed E-state index contributed by atoms with van der Waals surface area (Å²) in [4.78, 5) is 30.9. The third-order valence-electron chi connectivity index (χ3n) is 5.50. The third-order valence-corrected chi connectivity index (χ3v) is 7.35. The van der Waals surface area contributed by atoms with Crippen molar-refractivity contribution >= 4 is 40.0 Å². The molecule has 0 radical (unpaired) electrons. The molecule has 186 valence electrons. The summed E-state index contributed by atoms with van der Waals surface area (Å²) in [7, 11) is 0. The number of thioether (sulfide) groups is 1. The van der Waals surface area contributed by atoms with E-state index in [-0.39, 0.29) is 23.6 Å². The van der Waals surface area contributed by atoms with Gasteiger partial charge in [0.05, 0.1) is 17.5 Å². The molecule has 2 amide bonds. The molecule has 4 aromatic rings. The average molecular weight is 521 g/mol. The Morgan fingerprint density at radius 3 is 2.58 bits per heavy atom. The van der Waals surface area contributed by atoms with Crippen LogP contribution in [-0.2, 0) is 11.3 Å². The number of thiazole rings is 1. The molecule has 10 heteroatoms. The number of amides is 2. The molecule has 36 heavy (non-hydrogen) atoms. The highest BCUT2D eigenvalue weighted by Gasteiger charge is 2.20. The number of benzene rings is 2. The molecule has 0 aliphatic rings. The molecule has 4 rings (SSSR count). The Kier molecular flexibility index (Phi) is 8.17. The van der Waals surface area contributed by atoms with Gasteiger partial charge in [-0.2, -0.15) is 0 Å². The average Bonchev–Trinajstić information content (AvgIpc) is 3.45. The van der Waals surface area contributed by atoms with Gasteiger partial charge in [0.15, 0.2) is 16.1 Å². The fourth-order valence-electron chi connectivity index (χ4n) is 3.75. The van der Waals surface area contributed by atoms with E-state index < -0.39 is 0 Å². The molecule has 0 bridgehead atoms. The van der Waals surface area contributed by atoms with Crippen molar-refractivity contribution in [2.24, 2.45) is 0 Å². The molecule has 0 aliphatic carbocycles. The highest BCUT2D eigenvalue weighted by Crippen LogP contribution is 2.30. The minimum Gasteiger partial charge on any atom is -0.342 e. The van der Waals surface area contributed by atoms with Crippen LogP contribution >= 0.6 is 23.1 Å². The van der Waals surface area contributed by atoms with Gasteiger partial charge in [-0.15, -0.1) is 21.5 Å². The maximum absolute atomic E-state index is 12.7. The van der Waals surface area contributed by atoms with Crippen molar-refractivity contribution < 1.29 is 9.59 Å². The predicted molar refractivity (Wildman–Crippen MR) is 144 cm³/mol. The second kappa shape index (κ2) is 11.5. The molecule has 0 spiro atoms. The van der Waals surface area contributed by atoms with Crippen LogP contribution in [-0.4, -0.2) is 37.3 Å². The number of carbonyl (C=O) groups is 2. The zero-order chi connectivity index (χ0) is 25.7. The summed E-state index contributed by atoms with van der Waals surface area (Å²) in [5.41, 5.74) is 3.52. The highest BCUT2D eigenvalue weighted by atomic mass is 32.2. The lowest BCUT2D eigenvalue weighted by atomic mass is 10.1. The Balaban J connectivity index is 1.37. The third kappa shape index (κ3) is 6.00. The van der Waals surface area contributed by atoms with Crippen LogP contribution in [0, 0.1) is 13.8 Å². The molecule has 0 saturated heterocycles. The van der Waals surface area contributed by atoms with Gasteiger partial charge < -0.3 is 15.2 Å². The van der Waals surface area contributed by atoms with Crippen LogP contribution in [0.5, 0.6) is 0 Å². The molecule has 2 heterocycles. The van der Waals surface area contributed by atoms with E-state index in [2.05, 4.69) is 25.8 Å². The van der Waals surface area contributed by atoms with E-state index in [9.17, 15) is 9.59 Å². The summed E-state index contributed by atoms with van der Waals surface area (Å²) < 4.78 is 1.92. The van der Waals surface area contributed by atoms with Crippen molar-refractivity contribution in [2.75, 3.05) is 11.1 Å². The topological polar surface area (TPSA) is 102 Å². The number of hydrogen-bond donors (Lipinski definition) is 2. The van der Waals surface area contributed by atoms with Crippen molar-refractivity contribution in [1.29, 1.82) is 0 Å². The summed E-state index contributed by atoms with van der Waals surface area (Å²) in [5, 5.41) is 15.6. The van der Waals surface area contributed by atoms with Crippen LogP contribution in [0.25, 0.3) is 11.3 Å². The van der Waals surface area contributed by atoms with Gasteiger partial charge in [0, 0.05) is 22.5 Å².